The van der Waals surface area contributed by atoms with Crippen LogP contribution in [0.5, 0.6) is 5.75 Å². The van der Waals surface area contributed by atoms with Gasteiger partial charge in [0.05, 0.1) is 40.1 Å². The predicted molar refractivity (Wildman–Crippen MR) is 216 cm³/mol. The summed E-state index contributed by atoms with van der Waals surface area (Å²) in [5.74, 6) is -2.85. The Morgan fingerprint density at radius 2 is 0.947 bits per heavy atom. The van der Waals surface area contributed by atoms with E-state index in [0.29, 0.717) is 11.3 Å². The van der Waals surface area contributed by atoms with Crippen LogP contribution in [0.15, 0.2) is 170 Å². The van der Waals surface area contributed by atoms with Crippen LogP contribution in [0.2, 0.25) is 0 Å². The number of hydrogen-bond acceptors (Lipinski definition) is 6. The van der Waals surface area contributed by atoms with Gasteiger partial charge in [-0.25, -0.2) is 0 Å². The van der Waals surface area contributed by atoms with Crippen LogP contribution in [0.4, 0.5) is 8.78 Å². The molecule has 57 heavy (non-hydrogen) atoms. The molecule has 8 heteroatoms. The van der Waals surface area contributed by atoms with Crippen molar-refractivity contribution in [2.75, 3.05) is 13.7 Å². The largest absolute Gasteiger partial charge is 0.497 e. The van der Waals surface area contributed by atoms with Gasteiger partial charge in [-0.3, -0.25) is 0 Å². The fourth-order valence-corrected chi connectivity index (χ4v) is 7.20. The Morgan fingerprint density at radius 1 is 0.491 bits per heavy atom. The minimum atomic E-state index is -3.54. The molecule has 0 amide bonds. The van der Waals surface area contributed by atoms with Gasteiger partial charge in [0.15, 0.2) is 6.10 Å². The number of rotatable bonds is 18. The van der Waals surface area contributed by atoms with E-state index in [1.54, 1.807) is 25.3 Å². The van der Waals surface area contributed by atoms with E-state index in [2.05, 4.69) is 0 Å². The van der Waals surface area contributed by atoms with Gasteiger partial charge in [-0.15, -0.1) is 0 Å². The summed E-state index contributed by atoms with van der Waals surface area (Å²) in [6.07, 6.45) is -5.53. The van der Waals surface area contributed by atoms with Gasteiger partial charge in [-0.05, 0) is 51.9 Å². The van der Waals surface area contributed by atoms with Crippen molar-refractivity contribution in [3.8, 4) is 5.75 Å². The maximum absolute atomic E-state index is 17.8. The monoisotopic (exact) mass is 770 g/mol. The van der Waals surface area contributed by atoms with Crippen LogP contribution in [0.1, 0.15) is 38.9 Å². The SMILES string of the molecule is COc1ccc(Cc2ccccc2C(F)(F)[C@@H]2O[C@H](COCc3ccccc3)[C@@H](OCc3ccccc3)[C@H](OCc3ccccc3)[C@H]2OCc2ccccc2)cc1. The highest BCUT2D eigenvalue weighted by atomic mass is 19.3. The number of halogens is 2. The molecule has 0 aliphatic carbocycles. The molecule has 0 aromatic heterocycles. The van der Waals surface area contributed by atoms with Gasteiger partial charge in [0, 0.05) is 5.56 Å². The first-order valence-electron chi connectivity index (χ1n) is 19.3. The molecule has 0 bridgehead atoms. The molecular weight excluding hydrogens is 723 g/mol. The lowest BCUT2D eigenvalue weighted by Gasteiger charge is -2.48. The average molecular weight is 771 g/mol. The Morgan fingerprint density at radius 3 is 1.47 bits per heavy atom. The first kappa shape index (κ1) is 40.0. The van der Waals surface area contributed by atoms with Crippen molar-refractivity contribution in [1.82, 2.24) is 0 Å². The molecule has 1 saturated heterocycles. The minimum absolute atomic E-state index is 0.0228. The molecule has 0 radical (unpaired) electrons. The summed E-state index contributed by atoms with van der Waals surface area (Å²) in [4.78, 5) is 0. The first-order chi connectivity index (χ1) is 28.0. The number of alkyl halides is 2. The van der Waals surface area contributed by atoms with Gasteiger partial charge in [0.1, 0.15) is 30.2 Å². The second-order valence-electron chi connectivity index (χ2n) is 14.2. The third kappa shape index (κ3) is 10.6. The quantitative estimate of drug-likeness (QED) is 0.0868. The Bertz CT molecular complexity index is 2070. The van der Waals surface area contributed by atoms with Gasteiger partial charge in [0.2, 0.25) is 0 Å². The van der Waals surface area contributed by atoms with Crippen molar-refractivity contribution in [3.63, 3.8) is 0 Å². The summed E-state index contributed by atoms with van der Waals surface area (Å²) >= 11 is 0. The van der Waals surface area contributed by atoms with E-state index < -0.39 is 36.4 Å². The lowest BCUT2D eigenvalue weighted by Crippen LogP contribution is -2.64. The van der Waals surface area contributed by atoms with Crippen LogP contribution in [-0.4, -0.2) is 44.2 Å². The summed E-state index contributed by atoms with van der Waals surface area (Å²) < 4.78 is 73.9. The molecule has 6 aromatic rings. The molecule has 1 aliphatic rings. The smallest absolute Gasteiger partial charge is 0.301 e. The van der Waals surface area contributed by atoms with Gasteiger partial charge in [0.25, 0.3) is 0 Å². The van der Waals surface area contributed by atoms with E-state index in [9.17, 15) is 0 Å². The third-order valence-electron chi connectivity index (χ3n) is 10.2. The molecule has 294 valence electrons. The van der Waals surface area contributed by atoms with E-state index >= 15 is 8.78 Å². The molecule has 7 rings (SSSR count). The van der Waals surface area contributed by atoms with Gasteiger partial charge < -0.3 is 28.4 Å². The normalized spacial score (nSPS) is 19.6. The van der Waals surface area contributed by atoms with E-state index in [-0.39, 0.29) is 45.0 Å². The highest BCUT2D eigenvalue weighted by molar-refractivity contribution is 5.38. The Hall–Kier alpha value is -5.22. The Kier molecular flexibility index (Phi) is 13.9. The molecular formula is C49H48F2O6. The Labute approximate surface area is 333 Å². The average Bonchev–Trinajstić information content (AvgIpc) is 3.26. The van der Waals surface area contributed by atoms with Crippen LogP contribution in [0.3, 0.4) is 0 Å². The van der Waals surface area contributed by atoms with Gasteiger partial charge >= 0.3 is 5.92 Å². The number of methoxy groups -OCH3 is 1. The van der Waals surface area contributed by atoms with Crippen LogP contribution >= 0.6 is 0 Å². The molecule has 5 atom stereocenters. The van der Waals surface area contributed by atoms with Crippen molar-refractivity contribution in [2.45, 2.75) is 69.3 Å². The zero-order valence-electron chi connectivity index (χ0n) is 32.0. The van der Waals surface area contributed by atoms with Crippen LogP contribution in [0.25, 0.3) is 0 Å². The highest BCUT2D eigenvalue weighted by Gasteiger charge is 2.58. The van der Waals surface area contributed by atoms with Crippen LogP contribution in [-0.2, 0) is 62.5 Å². The maximum atomic E-state index is 17.8. The molecule has 0 saturated carbocycles. The lowest BCUT2D eigenvalue weighted by molar-refractivity contribution is -0.313. The molecule has 1 aliphatic heterocycles. The molecule has 6 nitrogen and oxygen atoms in total. The van der Waals surface area contributed by atoms with E-state index in [4.69, 9.17) is 28.4 Å². The van der Waals surface area contributed by atoms with E-state index in [1.807, 2.05) is 146 Å². The molecule has 1 heterocycles. The summed E-state index contributed by atoms with van der Waals surface area (Å²) in [6.45, 7) is 0.644. The standard InChI is InChI=1S/C49H48F2O6/c1-52-42-28-26-36(27-29-42)30-41-24-14-15-25-43(41)49(50,51)48-47(56-34-40-22-12-5-13-23-40)46(55-33-39-20-10-4-11-21-39)45(54-32-38-18-8-3-9-19-38)44(57-48)35-53-31-37-16-6-2-7-17-37/h2-29,44-48H,30-35H2,1H3/t44-,45-,46+,47-,48-/m1/s1. The Balaban J connectivity index is 1.28. The highest BCUT2D eigenvalue weighted by Crippen LogP contribution is 2.44. The first-order valence-corrected chi connectivity index (χ1v) is 19.3. The molecule has 0 unspecified atom stereocenters. The molecule has 0 N–H and O–H groups in total. The molecule has 0 spiro atoms. The van der Waals surface area contributed by atoms with Crippen molar-refractivity contribution in [2.24, 2.45) is 0 Å². The number of hydrogen-bond donors (Lipinski definition) is 0. The van der Waals surface area contributed by atoms with Crippen molar-refractivity contribution in [1.29, 1.82) is 0 Å². The third-order valence-corrected chi connectivity index (χ3v) is 10.2. The van der Waals surface area contributed by atoms with Gasteiger partial charge in [-0.1, -0.05) is 158 Å². The fraction of sp³-hybridized carbons (Fsp3) is 0.265. The second kappa shape index (κ2) is 19.8. The van der Waals surface area contributed by atoms with Gasteiger partial charge in [-0.2, -0.15) is 8.78 Å². The van der Waals surface area contributed by atoms with Crippen LogP contribution < -0.4 is 4.74 Å². The maximum Gasteiger partial charge on any atom is 0.301 e. The summed E-state index contributed by atoms with van der Waals surface area (Å²) in [5.41, 5.74) is 4.78. The summed E-state index contributed by atoms with van der Waals surface area (Å²) in [7, 11) is 1.60. The summed E-state index contributed by atoms with van der Waals surface area (Å²) in [6, 6.07) is 52.7. The number of ether oxygens (including phenoxy) is 6. The topological polar surface area (TPSA) is 55.4 Å². The zero-order valence-corrected chi connectivity index (χ0v) is 32.0. The minimum Gasteiger partial charge on any atom is -0.497 e. The van der Waals surface area contributed by atoms with Crippen molar-refractivity contribution >= 4 is 0 Å². The van der Waals surface area contributed by atoms with E-state index in [1.165, 1.54) is 6.07 Å². The van der Waals surface area contributed by atoms with Crippen molar-refractivity contribution in [3.05, 3.63) is 209 Å². The fourth-order valence-electron chi connectivity index (χ4n) is 7.20. The summed E-state index contributed by atoms with van der Waals surface area (Å²) in [5, 5.41) is 0. The lowest BCUT2D eigenvalue weighted by atomic mass is 9.86. The van der Waals surface area contributed by atoms with E-state index in [0.717, 1.165) is 27.8 Å². The molecule has 1 fully saturated rings. The predicted octanol–water partition coefficient (Wildman–Crippen LogP) is 10.1. The second-order valence-corrected chi connectivity index (χ2v) is 14.2. The zero-order chi connectivity index (χ0) is 39.3. The van der Waals surface area contributed by atoms with Crippen LogP contribution in [0, 0.1) is 0 Å². The molecule has 6 aromatic carbocycles. The number of benzene rings is 6. The van der Waals surface area contributed by atoms with Crippen molar-refractivity contribution < 1.29 is 37.2 Å².